The number of hydrogen-bond acceptors (Lipinski definition) is 1. The largest absolute Gasteiger partial charge is 0.451 e. The zero-order valence-electron chi connectivity index (χ0n) is 9.92. The van der Waals surface area contributed by atoms with Crippen LogP contribution in [0.2, 0.25) is 0 Å². The van der Waals surface area contributed by atoms with E-state index in [-0.39, 0.29) is 5.71 Å². The minimum Gasteiger partial charge on any atom is -0.266 e. The zero-order chi connectivity index (χ0) is 13.8. The van der Waals surface area contributed by atoms with Gasteiger partial charge in [-0.15, -0.1) is 0 Å². The summed E-state index contributed by atoms with van der Waals surface area (Å²) in [4.78, 5) is 6.68. The summed E-state index contributed by atoms with van der Waals surface area (Å²) in [5.41, 5.74) is 1.98. The number of alkyl halides is 4. The van der Waals surface area contributed by atoms with Gasteiger partial charge in [0.25, 0.3) is 0 Å². The number of benzene rings is 1. The molecule has 0 heterocycles. The van der Waals surface area contributed by atoms with E-state index < -0.39 is 12.0 Å². The van der Waals surface area contributed by atoms with E-state index >= 15 is 0 Å². The Labute approximate surface area is 112 Å². The molecular weight excluding hydrogens is 309 g/mol. The second kappa shape index (κ2) is 6.13. The summed E-state index contributed by atoms with van der Waals surface area (Å²) in [6.07, 6.45) is -4.52. The monoisotopic (exact) mass is 320 g/mol. The topological polar surface area (TPSA) is 24.7 Å². The van der Waals surface area contributed by atoms with E-state index in [4.69, 9.17) is 0 Å². The standard InChI is InChI=1S/C12H12BrF3N2/c1-8(18-11(17-2)12(14,15)16)10-5-3-9(7-13)4-6-10/h3-6H,7H2,1-2H3. The summed E-state index contributed by atoms with van der Waals surface area (Å²) >= 11 is 3.30. The average molecular weight is 321 g/mol. The molecule has 0 fully saturated rings. The first-order valence-corrected chi connectivity index (χ1v) is 6.25. The van der Waals surface area contributed by atoms with Gasteiger partial charge in [-0.25, -0.2) is 4.99 Å². The van der Waals surface area contributed by atoms with Crippen LogP contribution in [0.3, 0.4) is 0 Å². The molecular formula is C12H12BrF3N2. The van der Waals surface area contributed by atoms with Crippen molar-refractivity contribution in [3.63, 3.8) is 0 Å². The predicted molar refractivity (Wildman–Crippen MR) is 70.7 cm³/mol. The first-order valence-electron chi connectivity index (χ1n) is 5.13. The lowest BCUT2D eigenvalue weighted by Crippen LogP contribution is -2.22. The van der Waals surface area contributed by atoms with Crippen molar-refractivity contribution in [2.75, 3.05) is 7.05 Å². The molecule has 0 amide bonds. The van der Waals surface area contributed by atoms with Crippen molar-refractivity contribution in [2.24, 2.45) is 9.98 Å². The minimum atomic E-state index is -4.52. The van der Waals surface area contributed by atoms with Crippen molar-refractivity contribution in [2.45, 2.75) is 18.4 Å². The number of rotatable bonds is 2. The molecule has 0 unspecified atom stereocenters. The van der Waals surface area contributed by atoms with E-state index in [0.29, 0.717) is 10.9 Å². The van der Waals surface area contributed by atoms with E-state index in [1.165, 1.54) is 6.92 Å². The van der Waals surface area contributed by atoms with Crippen LogP contribution in [0.4, 0.5) is 13.2 Å². The van der Waals surface area contributed by atoms with Crippen LogP contribution in [0.15, 0.2) is 34.3 Å². The van der Waals surface area contributed by atoms with Crippen LogP contribution >= 0.6 is 15.9 Å². The normalized spacial score (nSPS) is 13.9. The molecule has 98 valence electrons. The molecule has 0 aromatic heterocycles. The Kier molecular flexibility index (Phi) is 5.07. The number of nitrogens with zero attached hydrogens (tertiary/aromatic N) is 2. The van der Waals surface area contributed by atoms with Gasteiger partial charge >= 0.3 is 6.18 Å². The van der Waals surface area contributed by atoms with Gasteiger partial charge in [-0.2, -0.15) is 13.2 Å². The molecule has 0 saturated carbocycles. The van der Waals surface area contributed by atoms with Gasteiger partial charge in [0.05, 0.1) is 0 Å². The lowest BCUT2D eigenvalue weighted by Gasteiger charge is -2.07. The predicted octanol–water partition coefficient (Wildman–Crippen LogP) is 3.98. The van der Waals surface area contributed by atoms with Crippen molar-refractivity contribution in [1.82, 2.24) is 0 Å². The Morgan fingerprint density at radius 2 is 1.78 bits per heavy atom. The molecule has 0 aliphatic rings. The first kappa shape index (κ1) is 14.9. The Bertz CT molecular complexity index is 461. The van der Waals surface area contributed by atoms with Crippen molar-refractivity contribution in [1.29, 1.82) is 0 Å². The lowest BCUT2D eigenvalue weighted by molar-refractivity contribution is -0.0597. The fourth-order valence-corrected chi connectivity index (χ4v) is 1.67. The van der Waals surface area contributed by atoms with Crippen LogP contribution in [0.25, 0.3) is 0 Å². The maximum atomic E-state index is 12.5. The number of halogens is 4. The Morgan fingerprint density at radius 3 is 2.17 bits per heavy atom. The molecule has 0 saturated heterocycles. The molecule has 0 spiro atoms. The van der Waals surface area contributed by atoms with Gasteiger partial charge in [0.1, 0.15) is 0 Å². The molecule has 18 heavy (non-hydrogen) atoms. The van der Waals surface area contributed by atoms with E-state index in [9.17, 15) is 13.2 Å². The average Bonchev–Trinajstić information content (AvgIpc) is 2.34. The van der Waals surface area contributed by atoms with Crippen LogP contribution in [-0.2, 0) is 5.33 Å². The maximum absolute atomic E-state index is 12.5. The summed E-state index contributed by atoms with van der Waals surface area (Å²) in [5, 5.41) is 0.702. The highest BCUT2D eigenvalue weighted by Crippen LogP contribution is 2.19. The highest BCUT2D eigenvalue weighted by atomic mass is 79.9. The highest BCUT2D eigenvalue weighted by Gasteiger charge is 2.35. The molecule has 6 heteroatoms. The van der Waals surface area contributed by atoms with Gasteiger partial charge in [-0.05, 0) is 18.1 Å². The smallest absolute Gasteiger partial charge is 0.266 e. The maximum Gasteiger partial charge on any atom is 0.451 e. The molecule has 1 rings (SSSR count). The molecule has 0 N–H and O–H groups in total. The SMILES string of the molecule is CN=C(N=C(C)c1ccc(CBr)cc1)C(F)(F)F. The molecule has 0 atom stereocenters. The lowest BCUT2D eigenvalue weighted by atomic mass is 10.1. The first-order chi connectivity index (χ1) is 8.38. The Morgan fingerprint density at radius 1 is 1.22 bits per heavy atom. The number of amidine groups is 1. The van der Waals surface area contributed by atoms with Crippen molar-refractivity contribution in [3.05, 3.63) is 35.4 Å². The molecule has 2 nitrogen and oxygen atoms in total. The van der Waals surface area contributed by atoms with Crippen LogP contribution in [0.5, 0.6) is 0 Å². The summed E-state index contributed by atoms with van der Waals surface area (Å²) in [7, 11) is 1.08. The van der Waals surface area contributed by atoms with Crippen molar-refractivity contribution >= 4 is 27.5 Å². The van der Waals surface area contributed by atoms with Gasteiger partial charge in [0.15, 0.2) is 0 Å². The van der Waals surface area contributed by atoms with Crippen LogP contribution in [-0.4, -0.2) is 24.8 Å². The second-order valence-electron chi connectivity index (χ2n) is 3.57. The fraction of sp³-hybridized carbons (Fsp3) is 0.333. The highest BCUT2D eigenvalue weighted by molar-refractivity contribution is 9.08. The zero-order valence-corrected chi connectivity index (χ0v) is 11.5. The Hall–Kier alpha value is -1.17. The van der Waals surface area contributed by atoms with Gasteiger partial charge in [0.2, 0.25) is 5.84 Å². The van der Waals surface area contributed by atoms with Crippen molar-refractivity contribution < 1.29 is 13.2 Å². The van der Waals surface area contributed by atoms with Crippen LogP contribution in [0.1, 0.15) is 18.1 Å². The number of hydrogen-bond donors (Lipinski definition) is 0. The summed E-state index contributed by atoms with van der Waals surface area (Å²) < 4.78 is 37.4. The molecule has 0 bridgehead atoms. The van der Waals surface area contributed by atoms with Crippen molar-refractivity contribution in [3.8, 4) is 0 Å². The number of aliphatic imine (C=N–C) groups is 2. The van der Waals surface area contributed by atoms with Gasteiger partial charge in [-0.1, -0.05) is 40.2 Å². The van der Waals surface area contributed by atoms with Gasteiger partial charge in [0, 0.05) is 18.1 Å². The molecule has 0 aliphatic heterocycles. The van der Waals surface area contributed by atoms with Gasteiger partial charge < -0.3 is 0 Å². The quantitative estimate of drug-likeness (QED) is 0.447. The fourth-order valence-electron chi connectivity index (χ4n) is 1.30. The molecule has 0 radical (unpaired) electrons. The van der Waals surface area contributed by atoms with Crippen LogP contribution < -0.4 is 0 Å². The molecule has 1 aromatic carbocycles. The third-order valence-corrected chi connectivity index (χ3v) is 2.91. The summed E-state index contributed by atoms with van der Waals surface area (Å²) in [6, 6.07) is 7.14. The van der Waals surface area contributed by atoms with Crippen LogP contribution in [0, 0.1) is 0 Å². The van der Waals surface area contributed by atoms with Gasteiger partial charge in [-0.3, -0.25) is 4.99 Å². The minimum absolute atomic E-state index is 0.286. The third-order valence-electron chi connectivity index (χ3n) is 2.26. The summed E-state index contributed by atoms with van der Waals surface area (Å²) in [6.45, 7) is 1.53. The van der Waals surface area contributed by atoms with E-state index in [0.717, 1.165) is 12.6 Å². The van der Waals surface area contributed by atoms with E-state index in [2.05, 4.69) is 25.9 Å². The van der Waals surface area contributed by atoms with E-state index in [1.807, 2.05) is 12.1 Å². The summed E-state index contributed by atoms with van der Waals surface area (Å²) in [5.74, 6) is -1.12. The Balaban J connectivity index is 3.01. The molecule has 0 aliphatic carbocycles. The second-order valence-corrected chi connectivity index (χ2v) is 4.13. The van der Waals surface area contributed by atoms with E-state index in [1.54, 1.807) is 12.1 Å². The molecule has 1 aromatic rings. The third kappa shape index (κ3) is 3.94.